The molecule has 3 saturated carbocycles. The number of hydrogen-bond donors (Lipinski definition) is 3. The van der Waals surface area contributed by atoms with Gasteiger partial charge < -0.3 is 19.8 Å². The average Bonchev–Trinajstić information content (AvgIpc) is 3.41. The van der Waals surface area contributed by atoms with Gasteiger partial charge in [0.05, 0.1) is 17.6 Å². The number of rotatable bonds is 4. The Bertz CT molecular complexity index is 1260. The monoisotopic (exact) mass is 404 g/mol. The lowest BCUT2D eigenvalue weighted by Gasteiger charge is -2.47. The highest BCUT2D eigenvalue weighted by molar-refractivity contribution is 5.94. The third-order valence-electron chi connectivity index (χ3n) is 6.73. The van der Waals surface area contributed by atoms with Crippen LogP contribution in [-0.2, 0) is 4.79 Å². The lowest BCUT2D eigenvalue weighted by molar-refractivity contribution is -0.148. The third kappa shape index (κ3) is 2.58. The number of aromatic amines is 1. The van der Waals surface area contributed by atoms with Crippen LogP contribution in [0.25, 0.3) is 33.5 Å². The van der Waals surface area contributed by atoms with E-state index in [0.717, 1.165) is 42.0 Å². The second-order valence-electron chi connectivity index (χ2n) is 8.23. The minimum Gasteiger partial charge on any atom is -0.481 e. The Morgan fingerprint density at radius 2 is 2.00 bits per heavy atom. The van der Waals surface area contributed by atoms with Gasteiger partial charge >= 0.3 is 5.97 Å². The molecule has 0 unspecified atom stereocenters. The number of carbonyl (C=O) groups is 1. The summed E-state index contributed by atoms with van der Waals surface area (Å²) >= 11 is 0. The number of H-pyrrole nitrogens is 1. The summed E-state index contributed by atoms with van der Waals surface area (Å²) in [5.41, 5.74) is 1.93. The molecule has 0 aromatic carbocycles. The Kier molecular flexibility index (Phi) is 3.77. The summed E-state index contributed by atoms with van der Waals surface area (Å²) in [4.78, 5) is 32.9. The van der Waals surface area contributed by atoms with Gasteiger partial charge in [0.2, 0.25) is 5.71 Å². The quantitative estimate of drug-likeness (QED) is 0.471. The highest BCUT2D eigenvalue weighted by Gasteiger charge is 2.47. The minimum atomic E-state index is -0.728. The first kappa shape index (κ1) is 17.4. The van der Waals surface area contributed by atoms with Crippen LogP contribution >= 0.6 is 0 Å². The van der Waals surface area contributed by atoms with Crippen LogP contribution in [0, 0.1) is 17.8 Å². The van der Waals surface area contributed by atoms with Gasteiger partial charge in [0.1, 0.15) is 17.8 Å². The molecule has 3 aliphatic carbocycles. The molecule has 0 amide bonds. The number of anilines is 1. The van der Waals surface area contributed by atoms with Crippen LogP contribution in [0.15, 0.2) is 35.5 Å². The Morgan fingerprint density at radius 1 is 1.17 bits per heavy atom. The van der Waals surface area contributed by atoms with Crippen LogP contribution < -0.4 is 5.32 Å². The van der Waals surface area contributed by atoms with Crippen LogP contribution in [0.4, 0.5) is 5.82 Å². The number of nitrogens with zero attached hydrogens (tertiary/aromatic N) is 4. The van der Waals surface area contributed by atoms with Gasteiger partial charge in [-0.1, -0.05) is 0 Å². The number of aromatic nitrogens is 5. The van der Waals surface area contributed by atoms with Gasteiger partial charge in [0, 0.05) is 29.4 Å². The maximum Gasteiger partial charge on any atom is 0.308 e. The van der Waals surface area contributed by atoms with E-state index in [0.29, 0.717) is 28.9 Å². The van der Waals surface area contributed by atoms with Gasteiger partial charge in [-0.25, -0.2) is 15.0 Å². The molecular weight excluding hydrogens is 384 g/mol. The van der Waals surface area contributed by atoms with Crippen LogP contribution in [0.2, 0.25) is 0 Å². The third-order valence-corrected chi connectivity index (χ3v) is 6.73. The molecule has 0 radical (unpaired) electrons. The number of aliphatic carboxylic acids is 1. The van der Waals surface area contributed by atoms with Gasteiger partial charge in [-0.05, 0) is 43.6 Å². The van der Waals surface area contributed by atoms with E-state index in [2.05, 4.69) is 25.3 Å². The van der Waals surface area contributed by atoms with Crippen molar-refractivity contribution < 1.29 is 14.3 Å². The van der Waals surface area contributed by atoms with Gasteiger partial charge in [0.15, 0.2) is 5.82 Å². The Morgan fingerprint density at radius 3 is 2.83 bits per heavy atom. The average molecular weight is 404 g/mol. The van der Waals surface area contributed by atoms with Crippen molar-refractivity contribution >= 4 is 33.9 Å². The Labute approximate surface area is 171 Å². The van der Waals surface area contributed by atoms with Crippen LogP contribution in [-0.4, -0.2) is 42.0 Å². The van der Waals surface area contributed by atoms with E-state index < -0.39 is 11.9 Å². The Balaban J connectivity index is 1.45. The molecule has 0 spiro atoms. The molecule has 4 heterocycles. The van der Waals surface area contributed by atoms with E-state index in [1.54, 1.807) is 18.7 Å². The lowest BCUT2D eigenvalue weighted by Crippen LogP contribution is -2.51. The molecular formula is C21H20N6O3. The Hall–Kier alpha value is -3.49. The second kappa shape index (κ2) is 6.51. The molecule has 9 heteroatoms. The molecule has 3 fully saturated rings. The largest absolute Gasteiger partial charge is 0.481 e. The second-order valence-corrected chi connectivity index (χ2v) is 8.23. The van der Waals surface area contributed by atoms with Crippen molar-refractivity contribution in [3.63, 3.8) is 0 Å². The van der Waals surface area contributed by atoms with Crippen molar-refractivity contribution in [1.29, 1.82) is 0 Å². The van der Waals surface area contributed by atoms with Gasteiger partial charge in [0.25, 0.3) is 0 Å². The lowest BCUT2D eigenvalue weighted by atomic mass is 9.61. The number of carboxylic acid groups (broad SMARTS) is 1. The van der Waals surface area contributed by atoms with Crippen LogP contribution in [0.3, 0.4) is 0 Å². The van der Waals surface area contributed by atoms with Crippen LogP contribution in [0.1, 0.15) is 25.7 Å². The fourth-order valence-electron chi connectivity index (χ4n) is 5.30. The number of fused-ring (bicyclic) bond motifs is 5. The molecule has 9 nitrogen and oxygen atoms in total. The summed E-state index contributed by atoms with van der Waals surface area (Å²) in [6, 6.07) is 1.67. The van der Waals surface area contributed by atoms with Crippen molar-refractivity contribution in [2.75, 3.05) is 5.32 Å². The predicted molar refractivity (Wildman–Crippen MR) is 109 cm³/mol. The fraction of sp³-hybridized carbons (Fsp3) is 0.381. The zero-order valence-electron chi connectivity index (χ0n) is 16.1. The van der Waals surface area contributed by atoms with Crippen molar-refractivity contribution in [1.82, 2.24) is 24.9 Å². The topological polar surface area (TPSA) is 130 Å². The van der Waals surface area contributed by atoms with E-state index in [-0.39, 0.29) is 12.0 Å². The summed E-state index contributed by atoms with van der Waals surface area (Å²) in [7, 11) is 0. The normalized spacial score (nSPS) is 25.7. The summed E-state index contributed by atoms with van der Waals surface area (Å²) in [6.45, 7) is 0. The minimum absolute atomic E-state index is 0.151. The van der Waals surface area contributed by atoms with E-state index in [1.165, 1.54) is 6.33 Å². The molecule has 4 aromatic heterocycles. The van der Waals surface area contributed by atoms with Crippen LogP contribution in [0.5, 0.6) is 0 Å². The predicted octanol–water partition coefficient (Wildman–Crippen LogP) is 3.46. The van der Waals surface area contributed by atoms with E-state index in [4.69, 9.17) is 9.40 Å². The van der Waals surface area contributed by atoms with Crippen molar-refractivity contribution in [3.8, 4) is 11.4 Å². The van der Waals surface area contributed by atoms with E-state index in [1.807, 2.05) is 6.07 Å². The molecule has 3 N–H and O–H groups in total. The molecule has 152 valence electrons. The highest BCUT2D eigenvalue weighted by atomic mass is 16.4. The molecule has 0 saturated heterocycles. The van der Waals surface area contributed by atoms with Gasteiger partial charge in [-0.15, -0.1) is 0 Å². The summed E-state index contributed by atoms with van der Waals surface area (Å²) < 4.78 is 5.59. The smallest absolute Gasteiger partial charge is 0.308 e. The maximum absolute atomic E-state index is 12.0. The zero-order valence-corrected chi connectivity index (χ0v) is 16.1. The van der Waals surface area contributed by atoms with Crippen molar-refractivity contribution in [2.45, 2.75) is 31.7 Å². The fourth-order valence-corrected chi connectivity index (χ4v) is 5.30. The highest BCUT2D eigenvalue weighted by Crippen LogP contribution is 2.46. The first-order valence-electron chi connectivity index (χ1n) is 10.2. The summed E-state index contributed by atoms with van der Waals surface area (Å²) in [5.74, 6) is 0.509. The van der Waals surface area contributed by atoms with E-state index in [9.17, 15) is 9.90 Å². The number of nitrogens with one attached hydrogen (secondary N) is 2. The molecule has 2 atom stereocenters. The summed E-state index contributed by atoms with van der Waals surface area (Å²) in [5, 5.41) is 15.0. The molecule has 4 aromatic rings. The first-order chi connectivity index (χ1) is 14.7. The number of carboxylic acids is 1. The van der Waals surface area contributed by atoms with Gasteiger partial charge in [-0.3, -0.25) is 4.79 Å². The zero-order chi connectivity index (χ0) is 20.2. The maximum atomic E-state index is 12.0. The molecule has 3 aliphatic rings. The molecule has 30 heavy (non-hydrogen) atoms. The van der Waals surface area contributed by atoms with E-state index >= 15 is 0 Å². The van der Waals surface area contributed by atoms with Crippen molar-refractivity contribution in [2.24, 2.45) is 17.8 Å². The first-order valence-corrected chi connectivity index (χ1v) is 10.2. The standard InChI is InChI=1S/C21H20N6O3/c28-21(29)15-10-1-3-11(4-2-10)16(15)25-18-12-5-6-30-20(12)27-19(26-18)14-8-23-17-13(14)7-22-9-24-17/h5-11,15-16H,1-4H2,(H,28,29)(H,22,23,24)(H,25,26,27)/t10?,11?,15-,16-/m0/s1. The number of hydrogen-bond acceptors (Lipinski definition) is 7. The van der Waals surface area contributed by atoms with Gasteiger partial charge in [-0.2, -0.15) is 4.98 Å². The molecule has 7 rings (SSSR count). The molecule has 2 bridgehead atoms. The van der Waals surface area contributed by atoms with Crippen molar-refractivity contribution in [3.05, 3.63) is 31.1 Å². The number of furan rings is 1. The summed E-state index contributed by atoms with van der Waals surface area (Å²) in [6.07, 6.45) is 10.7. The molecule has 0 aliphatic heterocycles. The SMILES string of the molecule is O=C(O)[C@H]1C2CCC(CC2)[C@@H]1Nc1nc(-c2c[nH]c3ncncc23)nc2occc12.